The van der Waals surface area contributed by atoms with Gasteiger partial charge in [0.1, 0.15) is 0 Å². The number of benzene rings is 2. The van der Waals surface area contributed by atoms with Gasteiger partial charge in [0, 0.05) is 30.4 Å². The predicted octanol–water partition coefficient (Wildman–Crippen LogP) is 3.09. The van der Waals surface area contributed by atoms with Crippen LogP contribution in [0.15, 0.2) is 54.7 Å². The summed E-state index contributed by atoms with van der Waals surface area (Å²) in [7, 11) is 3.25. The third-order valence-electron chi connectivity index (χ3n) is 4.44. The quantitative estimate of drug-likeness (QED) is 0.596. The molecule has 0 spiro atoms. The molecule has 0 bridgehead atoms. The summed E-state index contributed by atoms with van der Waals surface area (Å²) in [6.45, 7) is 3.59. The first-order chi connectivity index (χ1) is 13.6. The first-order valence-corrected chi connectivity index (χ1v) is 9.32. The number of nitrogens with zero attached hydrogens (tertiary/aromatic N) is 2. The number of nitrogens with one attached hydrogen (secondary N) is 1. The van der Waals surface area contributed by atoms with Crippen LogP contribution < -0.4 is 14.8 Å². The molecule has 0 aliphatic carbocycles. The molecule has 28 heavy (non-hydrogen) atoms. The minimum absolute atomic E-state index is 0.399. The maximum atomic E-state index is 9.53. The first kappa shape index (κ1) is 19.9. The number of hydrogen-bond donors (Lipinski definition) is 2. The lowest BCUT2D eigenvalue weighted by Gasteiger charge is -2.10. The molecule has 1 heterocycles. The third kappa shape index (κ3) is 4.91. The zero-order valence-corrected chi connectivity index (χ0v) is 16.6. The summed E-state index contributed by atoms with van der Waals surface area (Å²) in [6.07, 6.45) is 1.65. The number of methoxy groups -OCH3 is 2. The van der Waals surface area contributed by atoms with Gasteiger partial charge in [-0.15, -0.1) is 0 Å². The number of ether oxygens (including phenoxy) is 2. The normalized spacial score (nSPS) is 12.0. The van der Waals surface area contributed by atoms with Crippen molar-refractivity contribution in [1.82, 2.24) is 15.1 Å². The highest BCUT2D eigenvalue weighted by molar-refractivity contribution is 5.66. The van der Waals surface area contributed by atoms with Crippen LogP contribution in [-0.2, 0) is 13.1 Å². The zero-order chi connectivity index (χ0) is 19.9. The molecule has 148 valence electrons. The number of aromatic nitrogens is 2. The molecule has 2 N–H and O–H groups in total. The van der Waals surface area contributed by atoms with E-state index in [1.165, 1.54) is 5.56 Å². The predicted molar refractivity (Wildman–Crippen MR) is 110 cm³/mol. The van der Waals surface area contributed by atoms with Crippen LogP contribution in [0.4, 0.5) is 0 Å². The highest BCUT2D eigenvalue weighted by Gasteiger charge is 2.14. The topological polar surface area (TPSA) is 68.5 Å². The molecular formula is C22H27N3O3. The maximum Gasteiger partial charge on any atom is 0.161 e. The monoisotopic (exact) mass is 381 g/mol. The van der Waals surface area contributed by atoms with Gasteiger partial charge >= 0.3 is 0 Å². The summed E-state index contributed by atoms with van der Waals surface area (Å²) < 4.78 is 12.7. The molecule has 0 saturated carbocycles. The van der Waals surface area contributed by atoms with Crippen LogP contribution in [0.3, 0.4) is 0 Å². The molecule has 0 amide bonds. The van der Waals surface area contributed by atoms with E-state index in [4.69, 9.17) is 14.6 Å². The molecule has 0 fully saturated rings. The van der Waals surface area contributed by atoms with E-state index < -0.39 is 6.10 Å². The maximum absolute atomic E-state index is 9.53. The zero-order valence-electron chi connectivity index (χ0n) is 16.6. The second-order valence-electron chi connectivity index (χ2n) is 6.74. The van der Waals surface area contributed by atoms with Crippen LogP contribution in [0.2, 0.25) is 0 Å². The minimum atomic E-state index is -0.399. The molecule has 1 unspecified atom stereocenters. The fourth-order valence-electron chi connectivity index (χ4n) is 3.09. The van der Waals surface area contributed by atoms with E-state index in [-0.39, 0.29) is 0 Å². The number of aliphatic hydroxyl groups excluding tert-OH is 1. The first-order valence-electron chi connectivity index (χ1n) is 9.32. The Bertz CT molecular complexity index is 891. The summed E-state index contributed by atoms with van der Waals surface area (Å²) in [5, 5.41) is 17.6. The Morgan fingerprint density at radius 1 is 1.07 bits per heavy atom. The van der Waals surface area contributed by atoms with E-state index in [1.807, 2.05) is 47.3 Å². The largest absolute Gasteiger partial charge is 0.493 e. The van der Waals surface area contributed by atoms with E-state index in [1.54, 1.807) is 21.1 Å². The molecule has 3 aromatic rings. The van der Waals surface area contributed by atoms with Gasteiger partial charge < -0.3 is 19.9 Å². The summed E-state index contributed by atoms with van der Waals surface area (Å²) in [5.74, 6) is 1.35. The van der Waals surface area contributed by atoms with E-state index in [0.29, 0.717) is 31.1 Å². The van der Waals surface area contributed by atoms with Crippen molar-refractivity contribution in [2.45, 2.75) is 26.1 Å². The van der Waals surface area contributed by atoms with Crippen LogP contribution in [0.1, 0.15) is 18.1 Å². The Morgan fingerprint density at radius 2 is 1.82 bits per heavy atom. The number of hydrogen-bond acceptors (Lipinski definition) is 5. The molecule has 2 aromatic carbocycles. The van der Waals surface area contributed by atoms with Crippen molar-refractivity contribution >= 4 is 0 Å². The molecule has 6 nitrogen and oxygen atoms in total. The Morgan fingerprint density at radius 3 is 2.50 bits per heavy atom. The van der Waals surface area contributed by atoms with E-state index in [0.717, 1.165) is 16.8 Å². The van der Waals surface area contributed by atoms with Gasteiger partial charge in [-0.25, -0.2) is 0 Å². The van der Waals surface area contributed by atoms with Crippen molar-refractivity contribution in [3.8, 4) is 22.8 Å². The highest BCUT2D eigenvalue weighted by atomic mass is 16.5. The van der Waals surface area contributed by atoms with Gasteiger partial charge in [-0.2, -0.15) is 5.10 Å². The van der Waals surface area contributed by atoms with Crippen molar-refractivity contribution < 1.29 is 14.6 Å². The fraction of sp³-hybridized carbons (Fsp3) is 0.318. The molecule has 0 saturated heterocycles. The second kappa shape index (κ2) is 9.39. The average Bonchev–Trinajstić information content (AvgIpc) is 3.10. The van der Waals surface area contributed by atoms with Gasteiger partial charge in [0.2, 0.25) is 0 Å². The number of rotatable bonds is 9. The van der Waals surface area contributed by atoms with Crippen LogP contribution in [0.5, 0.6) is 11.5 Å². The SMILES string of the molecule is COc1ccc(-c2nn(Cc3ccccc3)cc2CNCC(C)O)cc1OC. The molecule has 3 rings (SSSR count). The summed E-state index contributed by atoms with van der Waals surface area (Å²) >= 11 is 0. The summed E-state index contributed by atoms with van der Waals surface area (Å²) in [5.41, 5.74) is 4.09. The molecule has 0 aliphatic rings. The minimum Gasteiger partial charge on any atom is -0.493 e. The highest BCUT2D eigenvalue weighted by Crippen LogP contribution is 2.33. The van der Waals surface area contributed by atoms with Crippen LogP contribution >= 0.6 is 0 Å². The lowest BCUT2D eigenvalue weighted by atomic mass is 10.1. The van der Waals surface area contributed by atoms with Gasteiger partial charge in [-0.05, 0) is 30.7 Å². The Balaban J connectivity index is 1.92. The van der Waals surface area contributed by atoms with Crippen molar-refractivity contribution in [2.75, 3.05) is 20.8 Å². The molecular weight excluding hydrogens is 354 g/mol. The fourth-order valence-corrected chi connectivity index (χ4v) is 3.09. The van der Waals surface area contributed by atoms with E-state index in [9.17, 15) is 5.11 Å². The van der Waals surface area contributed by atoms with Gasteiger partial charge in [0.25, 0.3) is 0 Å². The standard InChI is InChI=1S/C22H27N3O3/c1-16(26)12-23-13-19-15-25(14-17-7-5-4-6-8-17)24-22(19)18-9-10-20(27-2)21(11-18)28-3/h4-11,15-16,23,26H,12-14H2,1-3H3. The summed E-state index contributed by atoms with van der Waals surface area (Å²) in [6, 6.07) is 16.0. The molecule has 1 atom stereocenters. The molecule has 6 heteroatoms. The van der Waals surface area contributed by atoms with E-state index >= 15 is 0 Å². The smallest absolute Gasteiger partial charge is 0.161 e. The van der Waals surface area contributed by atoms with Gasteiger partial charge in [0.15, 0.2) is 11.5 Å². The Labute approximate surface area is 165 Å². The summed E-state index contributed by atoms with van der Waals surface area (Å²) in [4.78, 5) is 0. The number of aliphatic hydroxyl groups is 1. The van der Waals surface area contributed by atoms with Crippen molar-refractivity contribution in [3.63, 3.8) is 0 Å². The molecule has 1 aromatic heterocycles. The van der Waals surface area contributed by atoms with Crippen molar-refractivity contribution in [3.05, 3.63) is 65.9 Å². The molecule has 0 aliphatic heterocycles. The lowest BCUT2D eigenvalue weighted by Crippen LogP contribution is -2.23. The van der Waals surface area contributed by atoms with Crippen LogP contribution in [0, 0.1) is 0 Å². The van der Waals surface area contributed by atoms with Crippen molar-refractivity contribution in [2.24, 2.45) is 0 Å². The van der Waals surface area contributed by atoms with Gasteiger partial charge in [-0.3, -0.25) is 4.68 Å². The Hall–Kier alpha value is -2.83. The lowest BCUT2D eigenvalue weighted by molar-refractivity contribution is 0.191. The van der Waals surface area contributed by atoms with Gasteiger partial charge in [-0.1, -0.05) is 30.3 Å². The second-order valence-corrected chi connectivity index (χ2v) is 6.74. The van der Waals surface area contributed by atoms with Gasteiger partial charge in [0.05, 0.1) is 32.6 Å². The van der Waals surface area contributed by atoms with Crippen LogP contribution in [0.25, 0.3) is 11.3 Å². The average molecular weight is 381 g/mol. The van der Waals surface area contributed by atoms with Crippen LogP contribution in [-0.4, -0.2) is 41.8 Å². The molecule has 0 radical (unpaired) electrons. The third-order valence-corrected chi connectivity index (χ3v) is 4.44. The Kier molecular flexibility index (Phi) is 6.68. The van der Waals surface area contributed by atoms with E-state index in [2.05, 4.69) is 17.4 Å². The van der Waals surface area contributed by atoms with Crippen molar-refractivity contribution in [1.29, 1.82) is 0 Å².